The zero-order chi connectivity index (χ0) is 16.9. The highest BCUT2D eigenvalue weighted by atomic mass is 32.1. The van der Waals surface area contributed by atoms with Gasteiger partial charge in [-0.25, -0.2) is 0 Å². The maximum atomic E-state index is 12.2. The van der Waals surface area contributed by atoms with Crippen LogP contribution in [0.25, 0.3) is 5.57 Å². The number of nitrogens with zero attached hydrogens (tertiary/aromatic N) is 2. The van der Waals surface area contributed by atoms with E-state index in [4.69, 9.17) is 5.26 Å². The zero-order valence-corrected chi connectivity index (χ0v) is 14.4. The first-order valence-corrected chi connectivity index (χ1v) is 8.79. The molecule has 0 unspecified atom stereocenters. The lowest BCUT2D eigenvalue weighted by Crippen LogP contribution is -2.36. The van der Waals surface area contributed by atoms with Crippen LogP contribution >= 0.6 is 11.3 Å². The number of benzene rings is 1. The van der Waals surface area contributed by atoms with Gasteiger partial charge >= 0.3 is 0 Å². The SMILES string of the molecule is Cc1ccc(C2=CCN(CC(=O)Nc3sccc3C#N)CC2)cc1. The minimum absolute atomic E-state index is 0.0684. The van der Waals surface area contributed by atoms with Crippen LogP contribution in [0.1, 0.15) is 23.1 Å². The van der Waals surface area contributed by atoms with Crippen LogP contribution < -0.4 is 5.32 Å². The summed E-state index contributed by atoms with van der Waals surface area (Å²) in [4.78, 5) is 14.3. The normalized spacial score (nSPS) is 14.8. The molecule has 1 aliphatic rings. The third kappa shape index (κ3) is 3.91. The third-order valence-electron chi connectivity index (χ3n) is 4.12. The predicted octanol–water partition coefficient (Wildman–Crippen LogP) is 3.66. The molecule has 3 rings (SSSR count). The van der Waals surface area contributed by atoms with Gasteiger partial charge < -0.3 is 5.32 Å². The van der Waals surface area contributed by atoms with Gasteiger partial charge in [0.1, 0.15) is 11.1 Å². The van der Waals surface area contributed by atoms with E-state index in [0.717, 1.165) is 19.5 Å². The lowest BCUT2D eigenvalue weighted by Gasteiger charge is -2.25. The van der Waals surface area contributed by atoms with Gasteiger partial charge in [-0.05, 0) is 35.9 Å². The fraction of sp³-hybridized carbons (Fsp3) is 0.263. The Kier molecular flexibility index (Phi) is 5.09. The Morgan fingerprint density at radius 2 is 2.12 bits per heavy atom. The van der Waals surface area contributed by atoms with Crippen molar-refractivity contribution in [1.82, 2.24) is 4.90 Å². The molecule has 4 nitrogen and oxygen atoms in total. The van der Waals surface area contributed by atoms with Crippen molar-refractivity contribution < 1.29 is 4.79 Å². The van der Waals surface area contributed by atoms with Crippen LogP contribution in [0.3, 0.4) is 0 Å². The van der Waals surface area contributed by atoms with Gasteiger partial charge in [0.2, 0.25) is 5.91 Å². The maximum Gasteiger partial charge on any atom is 0.239 e. The van der Waals surface area contributed by atoms with Gasteiger partial charge in [-0.2, -0.15) is 5.26 Å². The number of carbonyl (C=O) groups is 1. The number of hydrogen-bond acceptors (Lipinski definition) is 4. The fourth-order valence-electron chi connectivity index (χ4n) is 2.75. The highest BCUT2D eigenvalue weighted by Crippen LogP contribution is 2.24. The summed E-state index contributed by atoms with van der Waals surface area (Å²) in [6, 6.07) is 12.4. The van der Waals surface area contributed by atoms with Crippen LogP contribution in [-0.4, -0.2) is 30.4 Å². The topological polar surface area (TPSA) is 56.1 Å². The summed E-state index contributed by atoms with van der Waals surface area (Å²) in [6.45, 7) is 4.07. The Morgan fingerprint density at radius 1 is 1.33 bits per heavy atom. The highest BCUT2D eigenvalue weighted by molar-refractivity contribution is 7.14. The number of aryl methyl sites for hydroxylation is 1. The molecule has 2 heterocycles. The number of nitrogens with one attached hydrogen (secondary N) is 1. The van der Waals surface area contributed by atoms with Gasteiger partial charge in [0.05, 0.1) is 12.1 Å². The first kappa shape index (κ1) is 16.4. The molecule has 24 heavy (non-hydrogen) atoms. The average molecular weight is 337 g/mol. The van der Waals surface area contributed by atoms with Crippen molar-refractivity contribution in [2.45, 2.75) is 13.3 Å². The average Bonchev–Trinajstić information content (AvgIpc) is 3.03. The maximum absolute atomic E-state index is 12.2. The van der Waals surface area contributed by atoms with E-state index in [2.05, 4.69) is 53.6 Å². The number of anilines is 1. The minimum atomic E-state index is -0.0684. The number of rotatable bonds is 4. The summed E-state index contributed by atoms with van der Waals surface area (Å²) in [5, 5.41) is 14.3. The molecule has 0 bridgehead atoms. The molecule has 1 aliphatic heterocycles. The second kappa shape index (κ2) is 7.43. The lowest BCUT2D eigenvalue weighted by molar-refractivity contribution is -0.117. The van der Waals surface area contributed by atoms with Gasteiger partial charge in [0.15, 0.2) is 0 Å². The van der Waals surface area contributed by atoms with Crippen LogP contribution in [0, 0.1) is 18.3 Å². The zero-order valence-electron chi connectivity index (χ0n) is 13.6. The Balaban J connectivity index is 1.56. The monoisotopic (exact) mass is 337 g/mol. The molecular formula is C19H19N3OS. The third-order valence-corrected chi connectivity index (χ3v) is 4.95. The van der Waals surface area contributed by atoms with E-state index in [1.807, 2.05) is 5.38 Å². The van der Waals surface area contributed by atoms with E-state index in [-0.39, 0.29) is 5.91 Å². The van der Waals surface area contributed by atoms with E-state index in [9.17, 15) is 4.79 Å². The second-order valence-electron chi connectivity index (χ2n) is 5.90. The van der Waals surface area contributed by atoms with Gasteiger partial charge in [0.25, 0.3) is 0 Å². The predicted molar refractivity (Wildman–Crippen MR) is 97.9 cm³/mol. The van der Waals surface area contributed by atoms with Crippen molar-refractivity contribution in [2.75, 3.05) is 25.0 Å². The molecule has 0 aliphatic carbocycles. The smallest absolute Gasteiger partial charge is 0.239 e. The molecule has 1 amide bonds. The van der Waals surface area contributed by atoms with Crippen LogP contribution in [0.2, 0.25) is 0 Å². The molecular weight excluding hydrogens is 318 g/mol. The quantitative estimate of drug-likeness (QED) is 0.926. The molecule has 1 aromatic heterocycles. The van der Waals surface area contributed by atoms with E-state index in [0.29, 0.717) is 17.1 Å². The van der Waals surface area contributed by atoms with Crippen LogP contribution in [0.5, 0.6) is 0 Å². The van der Waals surface area contributed by atoms with Crippen molar-refractivity contribution >= 4 is 27.8 Å². The number of nitriles is 1. The Bertz CT molecular complexity index is 799. The molecule has 1 N–H and O–H groups in total. The summed E-state index contributed by atoms with van der Waals surface area (Å²) < 4.78 is 0. The van der Waals surface area contributed by atoms with Crippen molar-refractivity contribution in [2.24, 2.45) is 0 Å². The van der Waals surface area contributed by atoms with Crippen molar-refractivity contribution in [3.05, 3.63) is 58.5 Å². The van der Waals surface area contributed by atoms with Crippen LogP contribution in [0.4, 0.5) is 5.00 Å². The molecule has 0 atom stereocenters. The molecule has 0 fully saturated rings. The second-order valence-corrected chi connectivity index (χ2v) is 6.82. The molecule has 1 aromatic carbocycles. The van der Waals surface area contributed by atoms with Crippen molar-refractivity contribution in [1.29, 1.82) is 5.26 Å². The summed E-state index contributed by atoms with van der Waals surface area (Å²) >= 11 is 1.38. The van der Waals surface area contributed by atoms with E-state index >= 15 is 0 Å². The van der Waals surface area contributed by atoms with Gasteiger partial charge in [-0.3, -0.25) is 9.69 Å². The Hall–Kier alpha value is -2.42. The number of thiophene rings is 1. The summed E-state index contributed by atoms with van der Waals surface area (Å²) in [7, 11) is 0. The summed E-state index contributed by atoms with van der Waals surface area (Å²) in [6.07, 6.45) is 3.14. The Labute approximate surface area is 146 Å². The summed E-state index contributed by atoms with van der Waals surface area (Å²) in [5.74, 6) is -0.0684. The first-order chi connectivity index (χ1) is 11.7. The van der Waals surface area contributed by atoms with E-state index in [1.54, 1.807) is 6.07 Å². The van der Waals surface area contributed by atoms with Crippen molar-refractivity contribution in [3.63, 3.8) is 0 Å². The highest BCUT2D eigenvalue weighted by Gasteiger charge is 2.16. The first-order valence-electron chi connectivity index (χ1n) is 7.91. The molecule has 0 radical (unpaired) electrons. The fourth-order valence-corrected chi connectivity index (χ4v) is 3.50. The largest absolute Gasteiger partial charge is 0.315 e. The number of hydrogen-bond donors (Lipinski definition) is 1. The van der Waals surface area contributed by atoms with Gasteiger partial charge in [-0.1, -0.05) is 35.9 Å². The molecule has 122 valence electrons. The van der Waals surface area contributed by atoms with Crippen molar-refractivity contribution in [3.8, 4) is 6.07 Å². The standard InChI is InChI=1S/C19H19N3OS/c1-14-2-4-15(5-3-14)16-6-9-22(10-7-16)13-18(23)21-19-17(12-20)8-11-24-19/h2-6,8,11H,7,9-10,13H2,1H3,(H,21,23). The lowest BCUT2D eigenvalue weighted by atomic mass is 9.98. The van der Waals surface area contributed by atoms with E-state index < -0.39 is 0 Å². The van der Waals surface area contributed by atoms with Crippen LogP contribution in [0.15, 0.2) is 41.8 Å². The molecule has 2 aromatic rings. The van der Waals surface area contributed by atoms with E-state index in [1.165, 1.54) is 28.0 Å². The number of carbonyl (C=O) groups excluding carboxylic acids is 1. The number of amides is 1. The van der Waals surface area contributed by atoms with Crippen LogP contribution in [-0.2, 0) is 4.79 Å². The Morgan fingerprint density at radius 3 is 2.79 bits per heavy atom. The molecule has 0 saturated carbocycles. The van der Waals surface area contributed by atoms with Gasteiger partial charge in [-0.15, -0.1) is 11.3 Å². The molecule has 0 spiro atoms. The summed E-state index contributed by atoms with van der Waals surface area (Å²) in [5.41, 5.74) is 4.39. The van der Waals surface area contributed by atoms with Gasteiger partial charge in [0, 0.05) is 13.1 Å². The molecule has 5 heteroatoms. The molecule has 0 saturated heterocycles. The minimum Gasteiger partial charge on any atom is -0.315 e.